The monoisotopic (exact) mass is 391 g/mol. The molecule has 5 nitrogen and oxygen atoms in total. The molecule has 0 aliphatic heterocycles. The van der Waals surface area contributed by atoms with Crippen LogP contribution in [0.5, 0.6) is 5.75 Å². The number of hydrogen-bond acceptors (Lipinski definition) is 3. The van der Waals surface area contributed by atoms with E-state index in [9.17, 15) is 4.79 Å². The minimum absolute atomic E-state index is 0.0913. The quantitative estimate of drug-likeness (QED) is 0.667. The van der Waals surface area contributed by atoms with Gasteiger partial charge in [0.05, 0.1) is 12.8 Å². The number of ether oxygens (including phenoxy) is 1. The molecule has 3 aromatic rings. The van der Waals surface area contributed by atoms with Crippen LogP contribution in [-0.2, 0) is 4.79 Å². The number of imidazole rings is 1. The number of rotatable bonds is 6. The second-order valence-electron chi connectivity index (χ2n) is 8.05. The molecule has 1 aromatic carbocycles. The maximum absolute atomic E-state index is 13.0. The average molecular weight is 392 g/mol. The molecular formula is C24H29N3O2. The van der Waals surface area contributed by atoms with Crippen LogP contribution in [0, 0.1) is 6.92 Å². The highest BCUT2D eigenvalue weighted by molar-refractivity contribution is 5.78. The molecule has 1 aliphatic carbocycles. The van der Waals surface area contributed by atoms with E-state index in [-0.39, 0.29) is 11.8 Å². The molecule has 152 valence electrons. The molecule has 2 heterocycles. The maximum Gasteiger partial charge on any atom is 0.221 e. The van der Waals surface area contributed by atoms with Gasteiger partial charge >= 0.3 is 0 Å². The summed E-state index contributed by atoms with van der Waals surface area (Å²) in [6, 6.07) is 12.4. The van der Waals surface area contributed by atoms with Gasteiger partial charge in [-0.05, 0) is 55.2 Å². The molecule has 1 atom stereocenters. The number of aryl methyl sites for hydroxylation is 1. The number of nitrogens with zero attached hydrogens (tertiary/aromatic N) is 2. The van der Waals surface area contributed by atoms with Crippen molar-refractivity contribution in [2.24, 2.45) is 0 Å². The van der Waals surface area contributed by atoms with Crippen LogP contribution in [-0.4, -0.2) is 28.4 Å². The number of carbonyl (C=O) groups excluding carboxylic acids is 1. The Morgan fingerprint density at radius 3 is 2.86 bits per heavy atom. The molecule has 1 N–H and O–H groups in total. The maximum atomic E-state index is 13.0. The largest absolute Gasteiger partial charge is 0.497 e. The molecule has 4 rings (SSSR count). The number of carbonyl (C=O) groups is 1. The zero-order valence-corrected chi connectivity index (χ0v) is 17.2. The SMILES string of the molecule is COc1cccc(C(CC(=O)NC2CCCCC2)c2cnc3cc(C)ccn23)c1. The van der Waals surface area contributed by atoms with Crippen molar-refractivity contribution < 1.29 is 9.53 Å². The predicted molar refractivity (Wildman–Crippen MR) is 114 cm³/mol. The Hall–Kier alpha value is -2.82. The minimum Gasteiger partial charge on any atom is -0.497 e. The first kappa shape index (κ1) is 19.5. The van der Waals surface area contributed by atoms with Gasteiger partial charge in [-0.2, -0.15) is 0 Å². The van der Waals surface area contributed by atoms with Crippen molar-refractivity contribution in [3.8, 4) is 5.75 Å². The first-order valence-corrected chi connectivity index (χ1v) is 10.5. The number of benzene rings is 1. The van der Waals surface area contributed by atoms with Crippen molar-refractivity contribution in [2.45, 2.75) is 57.4 Å². The highest BCUT2D eigenvalue weighted by atomic mass is 16.5. The van der Waals surface area contributed by atoms with Crippen LogP contribution >= 0.6 is 0 Å². The molecule has 0 saturated heterocycles. The number of fused-ring (bicyclic) bond motifs is 1. The first-order chi connectivity index (χ1) is 14.1. The smallest absolute Gasteiger partial charge is 0.221 e. The van der Waals surface area contributed by atoms with Crippen LogP contribution in [0.1, 0.15) is 61.3 Å². The fourth-order valence-corrected chi connectivity index (χ4v) is 4.33. The van der Waals surface area contributed by atoms with Gasteiger partial charge in [-0.1, -0.05) is 31.4 Å². The summed E-state index contributed by atoms with van der Waals surface area (Å²) in [6.45, 7) is 2.06. The number of methoxy groups -OCH3 is 1. The molecular weight excluding hydrogens is 362 g/mol. The molecule has 5 heteroatoms. The Morgan fingerprint density at radius 2 is 2.07 bits per heavy atom. The third kappa shape index (κ3) is 4.44. The van der Waals surface area contributed by atoms with Crippen molar-refractivity contribution in [3.63, 3.8) is 0 Å². The van der Waals surface area contributed by atoms with Crippen LogP contribution in [0.25, 0.3) is 5.65 Å². The van der Waals surface area contributed by atoms with Gasteiger partial charge in [0, 0.05) is 30.8 Å². The first-order valence-electron chi connectivity index (χ1n) is 10.5. The van der Waals surface area contributed by atoms with E-state index in [0.29, 0.717) is 12.5 Å². The third-order valence-electron chi connectivity index (χ3n) is 5.91. The predicted octanol–water partition coefficient (Wildman–Crippen LogP) is 4.62. The van der Waals surface area contributed by atoms with Crippen molar-refractivity contribution in [1.29, 1.82) is 0 Å². The van der Waals surface area contributed by atoms with E-state index >= 15 is 0 Å². The highest BCUT2D eigenvalue weighted by Crippen LogP contribution is 2.31. The molecule has 1 aliphatic rings. The number of aromatic nitrogens is 2. The van der Waals surface area contributed by atoms with E-state index in [1.807, 2.05) is 30.6 Å². The lowest BCUT2D eigenvalue weighted by Crippen LogP contribution is -2.37. The number of nitrogens with one attached hydrogen (secondary N) is 1. The van der Waals surface area contributed by atoms with Crippen molar-refractivity contribution >= 4 is 11.6 Å². The summed E-state index contributed by atoms with van der Waals surface area (Å²) in [7, 11) is 1.67. The summed E-state index contributed by atoms with van der Waals surface area (Å²) in [5.74, 6) is 0.808. The van der Waals surface area contributed by atoms with Crippen molar-refractivity contribution in [2.75, 3.05) is 7.11 Å². The van der Waals surface area contributed by atoms with Gasteiger partial charge in [-0.3, -0.25) is 4.79 Å². The summed E-state index contributed by atoms with van der Waals surface area (Å²) in [6.07, 6.45) is 10.2. The number of hydrogen-bond donors (Lipinski definition) is 1. The normalized spacial score (nSPS) is 15.9. The van der Waals surface area contributed by atoms with E-state index in [4.69, 9.17) is 4.74 Å². The molecule has 1 unspecified atom stereocenters. The Kier molecular flexibility index (Phi) is 5.84. The van der Waals surface area contributed by atoms with Gasteiger partial charge in [-0.15, -0.1) is 0 Å². The Labute approximate surface area is 172 Å². The van der Waals surface area contributed by atoms with Crippen LogP contribution in [0.2, 0.25) is 0 Å². The van der Waals surface area contributed by atoms with E-state index in [1.54, 1.807) is 7.11 Å². The van der Waals surface area contributed by atoms with Crippen molar-refractivity contribution in [3.05, 3.63) is 65.6 Å². The van der Waals surface area contributed by atoms with Crippen molar-refractivity contribution in [1.82, 2.24) is 14.7 Å². The molecule has 2 aromatic heterocycles. The standard InChI is InChI=1S/C24H29N3O2/c1-17-11-12-27-22(16-25-23(27)13-17)21(18-7-6-10-20(14-18)29-2)15-24(28)26-19-8-4-3-5-9-19/h6-7,10-14,16,19,21H,3-5,8-9,15H2,1-2H3,(H,26,28). The second kappa shape index (κ2) is 8.68. The molecule has 0 radical (unpaired) electrons. The van der Waals surface area contributed by atoms with Crippen LogP contribution < -0.4 is 10.1 Å². The highest BCUT2D eigenvalue weighted by Gasteiger charge is 2.24. The van der Waals surface area contributed by atoms with E-state index in [0.717, 1.165) is 35.5 Å². The minimum atomic E-state index is -0.0913. The second-order valence-corrected chi connectivity index (χ2v) is 8.05. The van der Waals surface area contributed by atoms with Gasteiger partial charge < -0.3 is 14.5 Å². The Morgan fingerprint density at radius 1 is 1.24 bits per heavy atom. The van der Waals surface area contributed by atoms with E-state index < -0.39 is 0 Å². The zero-order chi connectivity index (χ0) is 20.2. The number of pyridine rings is 1. The Bertz CT molecular complexity index is 989. The van der Waals surface area contributed by atoms with Crippen LogP contribution in [0.15, 0.2) is 48.8 Å². The Balaban J connectivity index is 1.65. The zero-order valence-electron chi connectivity index (χ0n) is 17.2. The lowest BCUT2D eigenvalue weighted by atomic mass is 9.91. The lowest BCUT2D eigenvalue weighted by molar-refractivity contribution is -0.122. The number of amides is 1. The van der Waals surface area contributed by atoms with Gasteiger partial charge in [0.1, 0.15) is 11.4 Å². The summed E-state index contributed by atoms with van der Waals surface area (Å²) in [5, 5.41) is 3.27. The van der Waals surface area contributed by atoms with Crippen LogP contribution in [0.3, 0.4) is 0 Å². The van der Waals surface area contributed by atoms with Crippen LogP contribution in [0.4, 0.5) is 0 Å². The third-order valence-corrected chi connectivity index (χ3v) is 5.91. The fourth-order valence-electron chi connectivity index (χ4n) is 4.33. The summed E-state index contributed by atoms with van der Waals surface area (Å²) in [4.78, 5) is 17.6. The molecule has 0 bridgehead atoms. The summed E-state index contributed by atoms with van der Waals surface area (Å²) >= 11 is 0. The molecule has 1 fully saturated rings. The summed E-state index contributed by atoms with van der Waals surface area (Å²) < 4.78 is 7.52. The molecule has 1 amide bonds. The van der Waals surface area contributed by atoms with Gasteiger partial charge in [0.25, 0.3) is 0 Å². The van der Waals surface area contributed by atoms with E-state index in [1.165, 1.54) is 24.8 Å². The van der Waals surface area contributed by atoms with Gasteiger partial charge in [0.2, 0.25) is 5.91 Å². The molecule has 0 spiro atoms. The molecule has 1 saturated carbocycles. The lowest BCUT2D eigenvalue weighted by Gasteiger charge is -2.24. The van der Waals surface area contributed by atoms with Gasteiger partial charge in [0.15, 0.2) is 0 Å². The molecule has 29 heavy (non-hydrogen) atoms. The summed E-state index contributed by atoms with van der Waals surface area (Å²) in [5.41, 5.74) is 4.15. The average Bonchev–Trinajstić information content (AvgIpc) is 3.15. The topological polar surface area (TPSA) is 55.6 Å². The van der Waals surface area contributed by atoms with Gasteiger partial charge in [-0.25, -0.2) is 4.98 Å². The van der Waals surface area contributed by atoms with E-state index in [2.05, 4.69) is 39.8 Å². The fraction of sp³-hybridized carbons (Fsp3) is 0.417.